The maximum atomic E-state index is 11.1. The van der Waals surface area contributed by atoms with Gasteiger partial charge >= 0.3 is 0 Å². The highest BCUT2D eigenvalue weighted by Gasteiger charge is 2.43. The Morgan fingerprint density at radius 1 is 1.73 bits per heavy atom. The molecule has 0 aromatic rings. The average molecular weight is 156 g/mol. The molecule has 1 aliphatic carbocycles. The molecule has 0 aliphatic heterocycles. The third-order valence-electron chi connectivity index (χ3n) is 2.94. The molecule has 1 amide bonds. The molecule has 0 heterocycles. The smallest absolute Gasteiger partial charge is 0.237 e. The van der Waals surface area contributed by atoms with Gasteiger partial charge in [-0.05, 0) is 25.8 Å². The van der Waals surface area contributed by atoms with E-state index in [0.29, 0.717) is 5.92 Å². The first kappa shape index (κ1) is 8.53. The van der Waals surface area contributed by atoms with Crippen LogP contribution in [-0.2, 0) is 4.79 Å². The lowest BCUT2D eigenvalue weighted by molar-refractivity contribution is -0.125. The van der Waals surface area contributed by atoms with Gasteiger partial charge in [-0.1, -0.05) is 13.3 Å². The van der Waals surface area contributed by atoms with E-state index in [9.17, 15) is 4.79 Å². The molecule has 0 radical (unpaired) electrons. The minimum absolute atomic E-state index is 0.204. The Balaban J connectivity index is 2.82. The van der Waals surface area contributed by atoms with Gasteiger partial charge in [0.1, 0.15) is 0 Å². The van der Waals surface area contributed by atoms with E-state index in [1.54, 1.807) is 0 Å². The Morgan fingerprint density at radius 2 is 2.36 bits per heavy atom. The highest BCUT2D eigenvalue weighted by atomic mass is 16.1. The van der Waals surface area contributed by atoms with Crippen LogP contribution in [0.4, 0.5) is 0 Å². The summed E-state index contributed by atoms with van der Waals surface area (Å²) in [5.74, 6) is 0.176. The van der Waals surface area contributed by atoms with E-state index in [2.05, 4.69) is 12.2 Å². The van der Waals surface area contributed by atoms with Crippen LogP contribution in [0.15, 0.2) is 0 Å². The van der Waals surface area contributed by atoms with E-state index in [4.69, 9.17) is 5.73 Å². The molecule has 11 heavy (non-hydrogen) atoms. The summed E-state index contributed by atoms with van der Waals surface area (Å²) in [5, 5.41) is 3.05. The number of carbonyl (C=O) groups excluding carboxylic acids is 1. The van der Waals surface area contributed by atoms with Gasteiger partial charge < -0.3 is 11.1 Å². The molecule has 1 saturated carbocycles. The molecule has 64 valence electrons. The van der Waals surface area contributed by atoms with Gasteiger partial charge in [-0.3, -0.25) is 4.79 Å². The van der Waals surface area contributed by atoms with E-state index in [1.807, 2.05) is 7.05 Å². The molecule has 3 heteroatoms. The maximum absolute atomic E-state index is 11.1. The second-order valence-corrected chi connectivity index (χ2v) is 3.38. The van der Waals surface area contributed by atoms with Crippen LogP contribution in [0.25, 0.3) is 0 Å². The van der Waals surface area contributed by atoms with Gasteiger partial charge in [-0.25, -0.2) is 0 Å². The summed E-state index contributed by atoms with van der Waals surface area (Å²) in [6.07, 6.45) is 3.09. The third-order valence-corrected chi connectivity index (χ3v) is 2.94. The van der Waals surface area contributed by atoms with Crippen molar-refractivity contribution in [3.63, 3.8) is 0 Å². The molecule has 2 atom stereocenters. The monoisotopic (exact) mass is 156 g/mol. The van der Waals surface area contributed by atoms with Crippen molar-refractivity contribution >= 4 is 5.91 Å². The van der Waals surface area contributed by atoms with E-state index in [-0.39, 0.29) is 5.91 Å². The molecule has 1 fully saturated rings. The summed E-state index contributed by atoms with van der Waals surface area (Å²) >= 11 is 0. The third kappa shape index (κ3) is 1.13. The van der Waals surface area contributed by atoms with Crippen molar-refractivity contribution in [2.75, 3.05) is 7.05 Å². The van der Waals surface area contributed by atoms with Gasteiger partial charge in [0.2, 0.25) is 5.91 Å². The number of hydrogen-bond donors (Lipinski definition) is 2. The minimum atomic E-state index is -0.417. The predicted molar refractivity (Wildman–Crippen MR) is 44.0 cm³/mol. The summed E-state index contributed by atoms with van der Waals surface area (Å²) in [6.45, 7) is 2.08. The first-order chi connectivity index (χ1) is 5.13. The first-order valence-corrected chi connectivity index (χ1v) is 4.12. The Labute approximate surface area is 67.3 Å². The van der Waals surface area contributed by atoms with Crippen molar-refractivity contribution < 1.29 is 4.79 Å². The first-order valence-electron chi connectivity index (χ1n) is 4.12. The summed E-state index contributed by atoms with van der Waals surface area (Å²) in [7, 11) is 1.81. The number of amides is 1. The number of nitrogens with one attached hydrogen (secondary N) is 1. The Kier molecular flexibility index (Phi) is 2.18. The lowest BCUT2D eigenvalue weighted by Gasteiger charge is -2.29. The highest BCUT2D eigenvalue weighted by molar-refractivity contribution is 5.85. The SMILES string of the molecule is CNC1(C(N)=O)CCC[C@H]1C. The molecule has 1 aliphatic rings. The summed E-state index contributed by atoms with van der Waals surface area (Å²) in [5.41, 5.74) is 4.92. The van der Waals surface area contributed by atoms with Crippen molar-refractivity contribution in [3.8, 4) is 0 Å². The van der Waals surface area contributed by atoms with E-state index < -0.39 is 5.54 Å². The summed E-state index contributed by atoms with van der Waals surface area (Å²) in [6, 6.07) is 0. The van der Waals surface area contributed by atoms with Gasteiger partial charge in [0.05, 0.1) is 5.54 Å². The zero-order valence-corrected chi connectivity index (χ0v) is 7.18. The van der Waals surface area contributed by atoms with E-state index in [1.165, 1.54) is 0 Å². The number of hydrogen-bond acceptors (Lipinski definition) is 2. The van der Waals surface area contributed by atoms with Crippen LogP contribution in [0.3, 0.4) is 0 Å². The summed E-state index contributed by atoms with van der Waals surface area (Å²) < 4.78 is 0. The Morgan fingerprint density at radius 3 is 2.55 bits per heavy atom. The van der Waals surface area contributed by atoms with Gasteiger partial charge in [-0.2, -0.15) is 0 Å². The van der Waals surface area contributed by atoms with Gasteiger partial charge in [0.25, 0.3) is 0 Å². The van der Waals surface area contributed by atoms with Crippen LogP contribution < -0.4 is 11.1 Å². The van der Waals surface area contributed by atoms with Crippen molar-refractivity contribution in [2.24, 2.45) is 11.7 Å². The standard InChI is InChI=1S/C8H16N2O/c1-6-4-3-5-8(6,10-2)7(9)11/h6,10H,3-5H2,1-2H3,(H2,9,11)/t6-,8?/m1/s1. The van der Waals surface area contributed by atoms with Crippen molar-refractivity contribution in [1.29, 1.82) is 0 Å². The number of primary amides is 1. The lowest BCUT2D eigenvalue weighted by atomic mass is 9.88. The van der Waals surface area contributed by atoms with Crippen molar-refractivity contribution in [1.82, 2.24) is 5.32 Å². The van der Waals surface area contributed by atoms with Gasteiger partial charge in [0.15, 0.2) is 0 Å². The van der Waals surface area contributed by atoms with Crippen LogP contribution in [0.5, 0.6) is 0 Å². The number of likely N-dealkylation sites (N-methyl/N-ethyl adjacent to an activating group) is 1. The fourth-order valence-corrected chi connectivity index (χ4v) is 2.04. The molecule has 0 aromatic heterocycles. The molecule has 1 rings (SSSR count). The molecule has 3 N–H and O–H groups in total. The molecule has 3 nitrogen and oxygen atoms in total. The second kappa shape index (κ2) is 2.81. The fourth-order valence-electron chi connectivity index (χ4n) is 2.04. The van der Waals surface area contributed by atoms with Crippen molar-refractivity contribution in [3.05, 3.63) is 0 Å². The largest absolute Gasteiger partial charge is 0.368 e. The Hall–Kier alpha value is -0.570. The van der Waals surface area contributed by atoms with Crippen LogP contribution in [0.2, 0.25) is 0 Å². The van der Waals surface area contributed by atoms with Crippen LogP contribution >= 0.6 is 0 Å². The minimum Gasteiger partial charge on any atom is -0.368 e. The molecular weight excluding hydrogens is 140 g/mol. The molecule has 0 bridgehead atoms. The zero-order chi connectivity index (χ0) is 8.48. The molecular formula is C8H16N2O. The summed E-state index contributed by atoms with van der Waals surface area (Å²) in [4.78, 5) is 11.1. The number of carbonyl (C=O) groups is 1. The van der Waals surface area contributed by atoms with E-state index >= 15 is 0 Å². The quantitative estimate of drug-likeness (QED) is 0.602. The van der Waals surface area contributed by atoms with Gasteiger partial charge in [-0.15, -0.1) is 0 Å². The maximum Gasteiger partial charge on any atom is 0.237 e. The second-order valence-electron chi connectivity index (χ2n) is 3.38. The lowest BCUT2D eigenvalue weighted by Crippen LogP contribution is -2.55. The van der Waals surface area contributed by atoms with Crippen LogP contribution in [-0.4, -0.2) is 18.5 Å². The topological polar surface area (TPSA) is 55.1 Å². The molecule has 0 spiro atoms. The highest BCUT2D eigenvalue weighted by Crippen LogP contribution is 2.34. The molecule has 1 unspecified atom stereocenters. The molecule has 0 saturated heterocycles. The van der Waals surface area contributed by atoms with E-state index in [0.717, 1.165) is 19.3 Å². The van der Waals surface area contributed by atoms with Crippen LogP contribution in [0, 0.1) is 5.92 Å². The zero-order valence-electron chi connectivity index (χ0n) is 7.18. The Bertz CT molecular complexity index is 169. The number of rotatable bonds is 2. The van der Waals surface area contributed by atoms with Crippen LogP contribution in [0.1, 0.15) is 26.2 Å². The number of nitrogens with two attached hydrogens (primary N) is 1. The average Bonchev–Trinajstić information content (AvgIpc) is 2.32. The molecule has 0 aromatic carbocycles. The normalized spacial score (nSPS) is 37.5. The van der Waals surface area contributed by atoms with Crippen molar-refractivity contribution in [2.45, 2.75) is 31.7 Å². The predicted octanol–water partition coefficient (Wildman–Crippen LogP) is 0.250. The fraction of sp³-hybridized carbons (Fsp3) is 0.875. The van der Waals surface area contributed by atoms with Gasteiger partial charge in [0, 0.05) is 0 Å².